The maximum absolute atomic E-state index is 13.1. The molecular weight excluding hydrogens is 390 g/mol. The van der Waals surface area contributed by atoms with Gasteiger partial charge in [0.15, 0.2) is 0 Å². The summed E-state index contributed by atoms with van der Waals surface area (Å²) in [5.41, 5.74) is 0.774. The summed E-state index contributed by atoms with van der Waals surface area (Å²) in [4.78, 5) is 12.3. The van der Waals surface area contributed by atoms with Gasteiger partial charge in [-0.1, -0.05) is 41.4 Å². The molecule has 5 nitrogen and oxygen atoms in total. The molecular formula is C16H15Cl2FN2O3S. The van der Waals surface area contributed by atoms with Crippen molar-refractivity contribution in [2.45, 2.75) is 12.5 Å². The molecule has 2 rings (SSSR count). The van der Waals surface area contributed by atoms with Crippen molar-refractivity contribution >= 4 is 44.8 Å². The first kappa shape index (κ1) is 19.7. The molecule has 0 aromatic heterocycles. The third kappa shape index (κ3) is 5.97. The summed E-state index contributed by atoms with van der Waals surface area (Å²) in [6, 6.07) is 9.13. The lowest BCUT2D eigenvalue weighted by Gasteiger charge is -2.18. The number of carbonyl (C=O) groups is 1. The standard InChI is InChI=1S/C16H15Cl2FN2O3S/c1-25(23,24)21-14(10-5-7-11(19)8-6-10)9-15(22)20-13-4-2-3-12(17)16(13)18/h2-8,14,21H,9H2,1H3,(H,20,22)/t14-/m0/s1. The van der Waals surface area contributed by atoms with Crippen LogP contribution >= 0.6 is 23.2 Å². The van der Waals surface area contributed by atoms with Crippen LogP contribution in [0.3, 0.4) is 0 Å². The monoisotopic (exact) mass is 404 g/mol. The van der Waals surface area contributed by atoms with Crippen LogP contribution in [-0.4, -0.2) is 20.6 Å². The maximum atomic E-state index is 13.1. The Hall–Kier alpha value is -1.67. The van der Waals surface area contributed by atoms with Gasteiger partial charge in [-0.05, 0) is 29.8 Å². The number of halogens is 3. The van der Waals surface area contributed by atoms with E-state index in [2.05, 4.69) is 10.0 Å². The van der Waals surface area contributed by atoms with Crippen LogP contribution in [0.2, 0.25) is 10.0 Å². The van der Waals surface area contributed by atoms with Gasteiger partial charge in [0.1, 0.15) is 5.82 Å². The van der Waals surface area contributed by atoms with Gasteiger partial charge in [0, 0.05) is 6.42 Å². The van der Waals surface area contributed by atoms with Crippen molar-refractivity contribution in [1.82, 2.24) is 4.72 Å². The number of rotatable bonds is 6. The summed E-state index contributed by atoms with van der Waals surface area (Å²) in [6.45, 7) is 0. The lowest BCUT2D eigenvalue weighted by molar-refractivity contribution is -0.116. The Morgan fingerprint density at radius 2 is 1.80 bits per heavy atom. The molecule has 25 heavy (non-hydrogen) atoms. The van der Waals surface area contributed by atoms with E-state index in [0.29, 0.717) is 11.3 Å². The molecule has 0 radical (unpaired) electrons. The molecule has 0 aliphatic rings. The molecule has 0 aliphatic carbocycles. The van der Waals surface area contributed by atoms with E-state index >= 15 is 0 Å². The lowest BCUT2D eigenvalue weighted by atomic mass is 10.0. The number of amides is 1. The Bertz CT molecular complexity index is 873. The minimum absolute atomic E-state index is 0.187. The quantitative estimate of drug-likeness (QED) is 0.769. The Kier molecular flexibility index (Phi) is 6.40. The van der Waals surface area contributed by atoms with Gasteiger partial charge in [0.05, 0.1) is 28.0 Å². The smallest absolute Gasteiger partial charge is 0.226 e. The number of hydrogen-bond donors (Lipinski definition) is 2. The Labute approximate surface area is 155 Å². The summed E-state index contributed by atoms with van der Waals surface area (Å²) in [6.07, 6.45) is 0.775. The molecule has 2 aromatic carbocycles. The molecule has 0 fully saturated rings. The van der Waals surface area contributed by atoms with Crippen molar-refractivity contribution in [1.29, 1.82) is 0 Å². The predicted molar refractivity (Wildman–Crippen MR) is 96.8 cm³/mol. The van der Waals surface area contributed by atoms with Gasteiger partial charge < -0.3 is 5.32 Å². The van der Waals surface area contributed by atoms with E-state index in [-0.39, 0.29) is 16.5 Å². The number of sulfonamides is 1. The van der Waals surface area contributed by atoms with Crippen LogP contribution in [0.1, 0.15) is 18.0 Å². The van der Waals surface area contributed by atoms with E-state index < -0.39 is 27.8 Å². The number of nitrogens with one attached hydrogen (secondary N) is 2. The first-order valence-electron chi connectivity index (χ1n) is 7.12. The summed E-state index contributed by atoms with van der Waals surface area (Å²) >= 11 is 11.9. The maximum Gasteiger partial charge on any atom is 0.226 e. The Morgan fingerprint density at radius 1 is 1.16 bits per heavy atom. The first-order chi connectivity index (χ1) is 11.7. The highest BCUT2D eigenvalue weighted by molar-refractivity contribution is 7.88. The molecule has 2 aromatic rings. The molecule has 0 spiro atoms. The molecule has 9 heteroatoms. The second kappa shape index (κ2) is 8.14. The van der Waals surface area contributed by atoms with Crippen LogP contribution < -0.4 is 10.0 Å². The largest absolute Gasteiger partial charge is 0.325 e. The highest BCUT2D eigenvalue weighted by Gasteiger charge is 2.20. The van der Waals surface area contributed by atoms with E-state index in [9.17, 15) is 17.6 Å². The zero-order valence-corrected chi connectivity index (χ0v) is 15.4. The van der Waals surface area contributed by atoms with Gasteiger partial charge in [0.25, 0.3) is 0 Å². The van der Waals surface area contributed by atoms with Gasteiger partial charge in [-0.15, -0.1) is 0 Å². The van der Waals surface area contributed by atoms with Crippen molar-refractivity contribution in [2.75, 3.05) is 11.6 Å². The van der Waals surface area contributed by atoms with E-state index in [4.69, 9.17) is 23.2 Å². The van der Waals surface area contributed by atoms with Crippen molar-refractivity contribution in [3.63, 3.8) is 0 Å². The van der Waals surface area contributed by atoms with Crippen LogP contribution in [0, 0.1) is 5.82 Å². The fourth-order valence-corrected chi connectivity index (χ4v) is 3.25. The van der Waals surface area contributed by atoms with Crippen molar-refractivity contribution in [2.24, 2.45) is 0 Å². The molecule has 2 N–H and O–H groups in total. The van der Waals surface area contributed by atoms with Crippen molar-refractivity contribution in [3.05, 3.63) is 63.9 Å². The van der Waals surface area contributed by atoms with Crippen LogP contribution in [0.5, 0.6) is 0 Å². The van der Waals surface area contributed by atoms with E-state index in [1.807, 2.05) is 0 Å². The highest BCUT2D eigenvalue weighted by atomic mass is 35.5. The Balaban J connectivity index is 2.19. The van der Waals surface area contributed by atoms with E-state index in [0.717, 1.165) is 6.26 Å². The van der Waals surface area contributed by atoms with Gasteiger partial charge in [-0.25, -0.2) is 17.5 Å². The molecule has 0 unspecified atom stereocenters. The van der Waals surface area contributed by atoms with Crippen LogP contribution in [0.4, 0.5) is 10.1 Å². The van der Waals surface area contributed by atoms with E-state index in [1.54, 1.807) is 18.2 Å². The minimum atomic E-state index is -3.59. The molecule has 0 saturated heterocycles. The second-order valence-corrected chi connectivity index (χ2v) is 7.91. The van der Waals surface area contributed by atoms with Gasteiger partial charge in [0.2, 0.25) is 15.9 Å². The number of anilines is 1. The molecule has 1 amide bonds. The average Bonchev–Trinajstić information content (AvgIpc) is 2.50. The normalized spacial score (nSPS) is 12.6. The lowest BCUT2D eigenvalue weighted by Crippen LogP contribution is -2.30. The molecule has 0 heterocycles. The first-order valence-corrected chi connectivity index (χ1v) is 9.77. The third-order valence-electron chi connectivity index (χ3n) is 3.24. The van der Waals surface area contributed by atoms with Gasteiger partial charge >= 0.3 is 0 Å². The predicted octanol–water partition coefficient (Wildman–Crippen LogP) is 3.75. The topological polar surface area (TPSA) is 75.3 Å². The molecule has 134 valence electrons. The fourth-order valence-electron chi connectivity index (χ4n) is 2.17. The summed E-state index contributed by atoms with van der Waals surface area (Å²) < 4.78 is 38.6. The number of benzene rings is 2. The number of carbonyl (C=O) groups excluding carboxylic acids is 1. The number of hydrogen-bond acceptors (Lipinski definition) is 3. The second-order valence-electron chi connectivity index (χ2n) is 5.35. The molecule has 0 saturated carbocycles. The van der Waals surface area contributed by atoms with E-state index in [1.165, 1.54) is 24.3 Å². The average molecular weight is 405 g/mol. The molecule has 1 atom stereocenters. The van der Waals surface area contributed by atoms with Gasteiger partial charge in [-0.3, -0.25) is 4.79 Å². The zero-order chi connectivity index (χ0) is 18.6. The highest BCUT2D eigenvalue weighted by Crippen LogP contribution is 2.30. The van der Waals surface area contributed by atoms with Crippen LogP contribution in [-0.2, 0) is 14.8 Å². The fraction of sp³-hybridized carbons (Fsp3) is 0.188. The summed E-state index contributed by atoms with van der Waals surface area (Å²) in [5, 5.41) is 3.05. The Morgan fingerprint density at radius 3 is 2.40 bits per heavy atom. The third-order valence-corrected chi connectivity index (χ3v) is 4.78. The summed E-state index contributed by atoms with van der Waals surface area (Å²) in [7, 11) is -3.59. The van der Waals surface area contributed by atoms with Crippen molar-refractivity contribution < 1.29 is 17.6 Å². The molecule has 0 bridgehead atoms. The van der Waals surface area contributed by atoms with Crippen molar-refractivity contribution in [3.8, 4) is 0 Å². The zero-order valence-electron chi connectivity index (χ0n) is 13.1. The van der Waals surface area contributed by atoms with Crippen LogP contribution in [0.15, 0.2) is 42.5 Å². The van der Waals surface area contributed by atoms with Crippen LogP contribution in [0.25, 0.3) is 0 Å². The summed E-state index contributed by atoms with van der Waals surface area (Å²) in [5.74, 6) is -0.938. The molecule has 0 aliphatic heterocycles. The SMILES string of the molecule is CS(=O)(=O)N[C@@H](CC(=O)Nc1cccc(Cl)c1Cl)c1ccc(F)cc1. The minimum Gasteiger partial charge on any atom is -0.325 e. The van der Waals surface area contributed by atoms with Gasteiger partial charge in [-0.2, -0.15) is 0 Å².